The summed E-state index contributed by atoms with van der Waals surface area (Å²) >= 11 is 0. The van der Waals surface area contributed by atoms with Crippen LogP contribution in [-0.2, 0) is 4.79 Å². The van der Waals surface area contributed by atoms with Crippen LogP contribution in [0.5, 0.6) is 0 Å². The van der Waals surface area contributed by atoms with Gasteiger partial charge >= 0.3 is 0 Å². The van der Waals surface area contributed by atoms with E-state index in [0.717, 1.165) is 16.7 Å². The summed E-state index contributed by atoms with van der Waals surface area (Å²) < 4.78 is 0. The Bertz CT molecular complexity index is 686. The second-order valence-corrected chi connectivity index (χ2v) is 5.05. The normalized spacial score (nSPS) is 10.5. The fourth-order valence-electron chi connectivity index (χ4n) is 1.79. The molecule has 0 aliphatic rings. The van der Waals surface area contributed by atoms with Gasteiger partial charge in [-0.3, -0.25) is 20.4 Å². The number of hydrazine groups is 1. The molecule has 0 aromatic heterocycles. The van der Waals surface area contributed by atoms with Crippen molar-refractivity contribution in [2.75, 3.05) is 0 Å². The van der Waals surface area contributed by atoms with Gasteiger partial charge in [0.25, 0.3) is 11.8 Å². The molecule has 0 radical (unpaired) electrons. The maximum absolute atomic E-state index is 11.8. The number of aryl methyl sites for hydroxylation is 2. The Morgan fingerprint density at radius 2 is 1.36 bits per heavy atom. The molecule has 0 unspecified atom stereocenters. The van der Waals surface area contributed by atoms with Crippen LogP contribution in [0.1, 0.15) is 27.0 Å². The van der Waals surface area contributed by atoms with E-state index < -0.39 is 0 Å². The minimum absolute atomic E-state index is 0.350. The van der Waals surface area contributed by atoms with E-state index in [4.69, 9.17) is 0 Å². The molecular formula is C18H18N2O2. The predicted molar refractivity (Wildman–Crippen MR) is 87.0 cm³/mol. The summed E-state index contributed by atoms with van der Waals surface area (Å²) in [5.74, 6) is -0.738. The Morgan fingerprint density at radius 3 is 1.95 bits per heavy atom. The minimum atomic E-state index is -0.388. The van der Waals surface area contributed by atoms with Crippen LogP contribution < -0.4 is 10.9 Å². The zero-order valence-electron chi connectivity index (χ0n) is 12.6. The lowest BCUT2D eigenvalue weighted by Crippen LogP contribution is -2.40. The van der Waals surface area contributed by atoms with Gasteiger partial charge in [0.15, 0.2) is 0 Å². The number of carbonyl (C=O) groups is 2. The van der Waals surface area contributed by atoms with E-state index in [-0.39, 0.29) is 11.8 Å². The van der Waals surface area contributed by atoms with Gasteiger partial charge in [-0.05, 0) is 37.6 Å². The van der Waals surface area contributed by atoms with Crippen LogP contribution >= 0.6 is 0 Å². The summed E-state index contributed by atoms with van der Waals surface area (Å²) in [7, 11) is 0. The van der Waals surface area contributed by atoms with Crippen LogP contribution in [0.15, 0.2) is 54.6 Å². The van der Waals surface area contributed by atoms with Crippen molar-refractivity contribution < 1.29 is 9.59 Å². The molecule has 0 saturated heterocycles. The van der Waals surface area contributed by atoms with Crippen molar-refractivity contribution in [2.45, 2.75) is 13.8 Å². The third kappa shape index (κ3) is 4.59. The largest absolute Gasteiger partial charge is 0.269 e. The SMILES string of the molecule is Cc1ccc(C=CC(=O)NNC(=O)c2ccc(C)cc2)cc1. The van der Waals surface area contributed by atoms with Gasteiger partial charge in [-0.25, -0.2) is 0 Å². The number of amides is 2. The molecule has 2 aromatic rings. The molecule has 2 rings (SSSR count). The molecule has 0 saturated carbocycles. The van der Waals surface area contributed by atoms with E-state index >= 15 is 0 Å². The van der Waals surface area contributed by atoms with Crippen LogP contribution in [0.2, 0.25) is 0 Å². The summed E-state index contributed by atoms with van der Waals surface area (Å²) in [4.78, 5) is 23.5. The topological polar surface area (TPSA) is 58.2 Å². The van der Waals surface area contributed by atoms with Gasteiger partial charge in [0.1, 0.15) is 0 Å². The van der Waals surface area contributed by atoms with Gasteiger partial charge in [0.05, 0.1) is 0 Å². The molecule has 0 spiro atoms. The maximum atomic E-state index is 11.8. The summed E-state index contributed by atoms with van der Waals surface area (Å²) in [6.45, 7) is 3.94. The molecule has 112 valence electrons. The first-order valence-electron chi connectivity index (χ1n) is 6.96. The highest BCUT2D eigenvalue weighted by molar-refractivity contribution is 5.97. The average Bonchev–Trinajstić information content (AvgIpc) is 2.52. The Hall–Kier alpha value is -2.88. The van der Waals surface area contributed by atoms with E-state index in [1.165, 1.54) is 6.08 Å². The van der Waals surface area contributed by atoms with Crippen molar-refractivity contribution in [2.24, 2.45) is 0 Å². The van der Waals surface area contributed by atoms with Crippen LogP contribution in [0.3, 0.4) is 0 Å². The fourth-order valence-corrected chi connectivity index (χ4v) is 1.79. The van der Waals surface area contributed by atoms with Crippen molar-refractivity contribution in [3.8, 4) is 0 Å². The van der Waals surface area contributed by atoms with Gasteiger partial charge in [0.2, 0.25) is 0 Å². The lowest BCUT2D eigenvalue weighted by molar-refractivity contribution is -0.117. The van der Waals surface area contributed by atoms with E-state index in [1.807, 2.05) is 50.2 Å². The van der Waals surface area contributed by atoms with E-state index in [1.54, 1.807) is 18.2 Å². The molecule has 0 aliphatic carbocycles. The van der Waals surface area contributed by atoms with Crippen molar-refractivity contribution in [3.63, 3.8) is 0 Å². The van der Waals surface area contributed by atoms with E-state index in [2.05, 4.69) is 10.9 Å². The van der Waals surface area contributed by atoms with E-state index in [9.17, 15) is 9.59 Å². The Morgan fingerprint density at radius 1 is 0.818 bits per heavy atom. The lowest BCUT2D eigenvalue weighted by atomic mass is 10.1. The van der Waals surface area contributed by atoms with Gasteiger partial charge in [0, 0.05) is 11.6 Å². The van der Waals surface area contributed by atoms with Crippen LogP contribution in [0, 0.1) is 13.8 Å². The minimum Gasteiger partial charge on any atom is -0.268 e. The standard InChI is InChI=1S/C18H18N2O2/c1-13-3-7-15(8-4-13)9-12-17(21)19-20-18(22)16-10-5-14(2)6-11-16/h3-12H,1-2H3,(H,19,21)(H,20,22). The fraction of sp³-hybridized carbons (Fsp3) is 0.111. The number of carbonyl (C=O) groups excluding carboxylic acids is 2. The van der Waals surface area contributed by atoms with E-state index in [0.29, 0.717) is 5.56 Å². The quantitative estimate of drug-likeness (QED) is 0.675. The molecule has 2 N–H and O–H groups in total. The van der Waals surface area contributed by atoms with Crippen LogP contribution in [-0.4, -0.2) is 11.8 Å². The molecule has 0 heterocycles. The smallest absolute Gasteiger partial charge is 0.268 e. The zero-order chi connectivity index (χ0) is 15.9. The number of nitrogens with one attached hydrogen (secondary N) is 2. The molecule has 0 atom stereocenters. The highest BCUT2D eigenvalue weighted by Gasteiger charge is 2.05. The van der Waals surface area contributed by atoms with Crippen molar-refractivity contribution in [3.05, 3.63) is 76.9 Å². The van der Waals surface area contributed by atoms with Gasteiger partial charge in [-0.2, -0.15) is 0 Å². The summed E-state index contributed by atoms with van der Waals surface area (Å²) in [6, 6.07) is 14.9. The molecule has 0 aliphatic heterocycles. The lowest BCUT2D eigenvalue weighted by Gasteiger charge is -2.05. The first-order chi connectivity index (χ1) is 10.5. The Labute approximate surface area is 129 Å². The first kappa shape index (κ1) is 15.5. The summed E-state index contributed by atoms with van der Waals surface area (Å²) in [5.41, 5.74) is 8.37. The maximum Gasteiger partial charge on any atom is 0.269 e. The zero-order valence-corrected chi connectivity index (χ0v) is 12.6. The Balaban J connectivity index is 1.86. The van der Waals surface area contributed by atoms with Crippen molar-refractivity contribution in [1.29, 1.82) is 0 Å². The third-order valence-corrected chi connectivity index (χ3v) is 3.12. The van der Waals surface area contributed by atoms with Crippen LogP contribution in [0.25, 0.3) is 6.08 Å². The molecule has 2 amide bonds. The molecule has 22 heavy (non-hydrogen) atoms. The second kappa shape index (κ2) is 7.22. The van der Waals surface area contributed by atoms with Crippen LogP contribution in [0.4, 0.5) is 0 Å². The van der Waals surface area contributed by atoms with Crippen molar-refractivity contribution in [1.82, 2.24) is 10.9 Å². The highest BCUT2D eigenvalue weighted by Crippen LogP contribution is 2.05. The Kier molecular flexibility index (Phi) is 5.09. The van der Waals surface area contributed by atoms with Gasteiger partial charge in [-0.1, -0.05) is 47.5 Å². The van der Waals surface area contributed by atoms with Gasteiger partial charge in [-0.15, -0.1) is 0 Å². The number of hydrogen-bond acceptors (Lipinski definition) is 2. The second-order valence-electron chi connectivity index (χ2n) is 5.05. The van der Waals surface area contributed by atoms with Crippen molar-refractivity contribution >= 4 is 17.9 Å². The molecule has 4 heteroatoms. The molecule has 0 fully saturated rings. The van der Waals surface area contributed by atoms with Gasteiger partial charge < -0.3 is 0 Å². The molecule has 0 bridgehead atoms. The number of hydrogen-bond donors (Lipinski definition) is 2. The predicted octanol–water partition coefficient (Wildman–Crippen LogP) is 2.78. The molecule has 4 nitrogen and oxygen atoms in total. The molecular weight excluding hydrogens is 276 g/mol. The third-order valence-electron chi connectivity index (χ3n) is 3.12. The first-order valence-corrected chi connectivity index (χ1v) is 6.96. The summed E-state index contributed by atoms with van der Waals surface area (Å²) in [5, 5.41) is 0. The average molecular weight is 294 g/mol. The monoisotopic (exact) mass is 294 g/mol. The number of benzene rings is 2. The number of rotatable bonds is 3. The highest BCUT2D eigenvalue weighted by atomic mass is 16.2. The molecule has 2 aromatic carbocycles. The summed E-state index contributed by atoms with van der Waals surface area (Å²) in [6.07, 6.45) is 3.06.